The van der Waals surface area contributed by atoms with E-state index in [1.54, 1.807) is 13.8 Å². The van der Waals surface area contributed by atoms with Gasteiger partial charge in [0.1, 0.15) is 11.6 Å². The fraction of sp³-hybridized carbons (Fsp3) is 0.455. The molecule has 0 saturated heterocycles. The predicted octanol–water partition coefficient (Wildman–Crippen LogP) is 3.70. The lowest BCUT2D eigenvalue weighted by atomic mass is 10.2. The summed E-state index contributed by atoms with van der Waals surface area (Å²) in [4.78, 5) is 0. The van der Waals surface area contributed by atoms with Gasteiger partial charge in [0.25, 0.3) is 0 Å². The topological polar surface area (TPSA) is 61.5 Å². The lowest BCUT2D eigenvalue weighted by Crippen LogP contribution is -2.15. The van der Waals surface area contributed by atoms with Crippen LogP contribution in [0.15, 0.2) is 18.2 Å². The minimum atomic E-state index is -3.55. The summed E-state index contributed by atoms with van der Waals surface area (Å²) in [7, 11) is -3.55. The zero-order valence-corrected chi connectivity index (χ0v) is 11.9. The molecule has 4 nitrogen and oxygen atoms in total. The molecule has 0 heterocycles. The van der Waals surface area contributed by atoms with Gasteiger partial charge in [-0.15, -0.1) is 0 Å². The van der Waals surface area contributed by atoms with Crippen LogP contribution in [0.5, 0.6) is 0 Å². The summed E-state index contributed by atoms with van der Waals surface area (Å²) < 4.78 is 36.0. The van der Waals surface area contributed by atoms with Crippen molar-refractivity contribution < 1.29 is 18.0 Å². The van der Waals surface area contributed by atoms with Gasteiger partial charge in [-0.3, -0.25) is 4.57 Å². The average Bonchev–Trinajstić information content (AvgIpc) is 2.32. The van der Waals surface area contributed by atoms with Crippen LogP contribution >= 0.6 is 19.2 Å². The Morgan fingerprint density at radius 1 is 1.39 bits per heavy atom. The molecule has 0 unspecified atom stereocenters. The van der Waals surface area contributed by atoms with Gasteiger partial charge in [0.2, 0.25) is 0 Å². The zero-order valence-electron chi connectivity index (χ0n) is 10.2. The monoisotopic (exact) mass is 295 g/mol. The molecule has 1 atom stereocenters. The fourth-order valence-electron chi connectivity index (χ4n) is 1.48. The average molecular weight is 296 g/mol. The molecule has 7 heteroatoms. The molecule has 2 N–H and O–H groups in total. The van der Waals surface area contributed by atoms with Crippen molar-refractivity contribution >= 4 is 19.2 Å². The Kier molecular flexibility index (Phi) is 5.76. The third-order valence-electron chi connectivity index (χ3n) is 2.26. The lowest BCUT2D eigenvalue weighted by molar-refractivity contribution is 0.212. The number of benzene rings is 1. The highest BCUT2D eigenvalue weighted by molar-refractivity contribution is 7.54. The maximum absolute atomic E-state index is 13.3. The molecule has 0 bridgehead atoms. The zero-order chi connectivity index (χ0) is 13.8. The second-order valence-electron chi connectivity index (χ2n) is 3.46. The molecule has 1 aromatic carbocycles. The van der Waals surface area contributed by atoms with Gasteiger partial charge in [0.15, 0.2) is 0 Å². The molecule has 0 amide bonds. The maximum atomic E-state index is 13.3. The van der Waals surface area contributed by atoms with Gasteiger partial charge in [-0.1, -0.05) is 23.7 Å². The Bertz CT molecular complexity index is 448. The number of hydrogen-bond donors (Lipinski definition) is 1. The van der Waals surface area contributed by atoms with Crippen molar-refractivity contribution in [3.63, 3.8) is 0 Å². The van der Waals surface area contributed by atoms with Crippen LogP contribution in [-0.4, -0.2) is 13.2 Å². The molecule has 102 valence electrons. The van der Waals surface area contributed by atoms with Crippen molar-refractivity contribution in [2.75, 3.05) is 13.2 Å². The van der Waals surface area contributed by atoms with E-state index >= 15 is 0 Å². The molecule has 1 aromatic rings. The van der Waals surface area contributed by atoms with E-state index in [4.69, 9.17) is 26.4 Å². The molecular weight excluding hydrogens is 280 g/mol. The highest BCUT2D eigenvalue weighted by atomic mass is 35.5. The van der Waals surface area contributed by atoms with E-state index in [1.165, 1.54) is 18.2 Å². The minimum Gasteiger partial charge on any atom is -0.314 e. The molecule has 0 aromatic heterocycles. The molecule has 0 fully saturated rings. The smallest absolute Gasteiger partial charge is 0.314 e. The molecule has 0 saturated carbocycles. The summed E-state index contributed by atoms with van der Waals surface area (Å²) in [6.45, 7) is 3.70. The number of rotatable bonds is 6. The first kappa shape index (κ1) is 15.6. The molecule has 0 radical (unpaired) electrons. The second kappa shape index (κ2) is 6.64. The van der Waals surface area contributed by atoms with Gasteiger partial charge < -0.3 is 14.8 Å². The molecule has 1 rings (SSSR count). The van der Waals surface area contributed by atoms with Gasteiger partial charge in [-0.05, 0) is 19.9 Å². The summed E-state index contributed by atoms with van der Waals surface area (Å²) in [5.74, 6) is -1.73. The van der Waals surface area contributed by atoms with Crippen molar-refractivity contribution in [3.8, 4) is 0 Å². The predicted molar refractivity (Wildman–Crippen MR) is 69.2 cm³/mol. The van der Waals surface area contributed by atoms with Gasteiger partial charge in [-0.25, -0.2) is 4.39 Å². The van der Waals surface area contributed by atoms with Crippen LogP contribution in [-0.2, 0) is 13.6 Å². The van der Waals surface area contributed by atoms with E-state index in [-0.39, 0.29) is 23.8 Å². The quantitative estimate of drug-likeness (QED) is 0.813. The Morgan fingerprint density at radius 2 is 1.94 bits per heavy atom. The Morgan fingerprint density at radius 3 is 2.44 bits per heavy atom. The first-order valence-corrected chi connectivity index (χ1v) is 7.53. The number of hydrogen-bond acceptors (Lipinski definition) is 4. The standard InChI is InChI=1S/C11H16ClFNO3P/c1-3-16-18(15,17-4-2)11(14)8-6-5-7-9(13)10(8)12/h5-7,11H,3-4,14H2,1-2H3/t11-/m0/s1. The van der Waals surface area contributed by atoms with Crippen LogP contribution in [0, 0.1) is 5.82 Å². The fourth-order valence-corrected chi connectivity index (χ4v) is 3.47. The summed E-state index contributed by atoms with van der Waals surface area (Å²) >= 11 is 5.81. The van der Waals surface area contributed by atoms with Crippen LogP contribution < -0.4 is 5.73 Å². The Balaban J connectivity index is 3.13. The second-order valence-corrected chi connectivity index (χ2v) is 5.99. The van der Waals surface area contributed by atoms with E-state index in [0.29, 0.717) is 0 Å². The molecule has 0 spiro atoms. The van der Waals surface area contributed by atoms with Gasteiger partial charge in [0.05, 0.1) is 18.2 Å². The normalized spacial score (nSPS) is 13.6. The highest BCUT2D eigenvalue weighted by Gasteiger charge is 2.35. The largest absolute Gasteiger partial charge is 0.351 e. The van der Waals surface area contributed by atoms with Crippen molar-refractivity contribution in [3.05, 3.63) is 34.6 Å². The van der Waals surface area contributed by atoms with Crippen molar-refractivity contribution in [1.82, 2.24) is 0 Å². The summed E-state index contributed by atoms with van der Waals surface area (Å²) in [5, 5.41) is -0.162. The molecule has 0 aliphatic heterocycles. The molecule has 0 aliphatic rings. The number of halogens is 2. The van der Waals surface area contributed by atoms with Crippen molar-refractivity contribution in [2.24, 2.45) is 5.73 Å². The third-order valence-corrected chi connectivity index (χ3v) is 4.85. The summed E-state index contributed by atoms with van der Waals surface area (Å²) in [6.07, 6.45) is 0. The number of nitrogens with two attached hydrogens (primary N) is 1. The van der Waals surface area contributed by atoms with E-state index in [2.05, 4.69) is 0 Å². The maximum Gasteiger partial charge on any atom is 0.351 e. The first-order chi connectivity index (χ1) is 8.46. The Labute approximate surface area is 111 Å². The van der Waals surface area contributed by atoms with Crippen LogP contribution in [0.2, 0.25) is 5.02 Å². The molecule has 18 heavy (non-hydrogen) atoms. The first-order valence-electron chi connectivity index (χ1n) is 5.54. The molecular formula is C11H16ClFNO3P. The van der Waals surface area contributed by atoms with Crippen LogP contribution in [0.25, 0.3) is 0 Å². The van der Waals surface area contributed by atoms with Crippen molar-refractivity contribution in [2.45, 2.75) is 19.6 Å². The SMILES string of the molecule is CCOP(=O)(OCC)[C@H](N)c1cccc(F)c1Cl. The van der Waals surface area contributed by atoms with Crippen molar-refractivity contribution in [1.29, 1.82) is 0 Å². The van der Waals surface area contributed by atoms with Gasteiger partial charge in [-0.2, -0.15) is 0 Å². The van der Waals surface area contributed by atoms with Crippen LogP contribution in [0.4, 0.5) is 4.39 Å². The summed E-state index contributed by atoms with van der Waals surface area (Å²) in [6, 6.07) is 4.14. The van der Waals surface area contributed by atoms with E-state index < -0.39 is 19.2 Å². The van der Waals surface area contributed by atoms with E-state index in [0.717, 1.165) is 0 Å². The van der Waals surface area contributed by atoms with Gasteiger partial charge >= 0.3 is 7.60 Å². The van der Waals surface area contributed by atoms with Crippen LogP contribution in [0.1, 0.15) is 25.2 Å². The lowest BCUT2D eigenvalue weighted by Gasteiger charge is -2.24. The Hall–Kier alpha value is -0.450. The van der Waals surface area contributed by atoms with E-state index in [9.17, 15) is 8.96 Å². The van der Waals surface area contributed by atoms with Crippen LogP contribution in [0.3, 0.4) is 0 Å². The molecule has 0 aliphatic carbocycles. The van der Waals surface area contributed by atoms with Gasteiger partial charge in [0, 0.05) is 5.56 Å². The third kappa shape index (κ3) is 3.31. The minimum absolute atomic E-state index is 0.162. The summed E-state index contributed by atoms with van der Waals surface area (Å²) in [5.41, 5.74) is 6.06. The highest BCUT2D eigenvalue weighted by Crippen LogP contribution is 2.59. The van der Waals surface area contributed by atoms with E-state index in [1.807, 2.05) is 0 Å².